The summed E-state index contributed by atoms with van der Waals surface area (Å²) in [6, 6.07) is 14.0. The number of hydrogen-bond acceptors (Lipinski definition) is 3. The molecule has 0 aliphatic carbocycles. The highest BCUT2D eigenvalue weighted by molar-refractivity contribution is 6.00. The second kappa shape index (κ2) is 7.94. The Morgan fingerprint density at radius 1 is 1.10 bits per heavy atom. The van der Waals surface area contributed by atoms with E-state index >= 15 is 0 Å². The van der Waals surface area contributed by atoms with E-state index in [1.165, 1.54) is 12.3 Å². The Morgan fingerprint density at radius 2 is 1.83 bits per heavy atom. The summed E-state index contributed by atoms with van der Waals surface area (Å²) in [6.07, 6.45) is 3.17. The molecule has 2 heterocycles. The topological polar surface area (TPSA) is 75.6 Å². The number of hydrogen-bond donors (Lipinski definition) is 2. The lowest BCUT2D eigenvalue weighted by Gasteiger charge is -2.15. The summed E-state index contributed by atoms with van der Waals surface area (Å²) in [4.78, 5) is 12.9. The lowest BCUT2D eigenvalue weighted by molar-refractivity contribution is 0.0940. The lowest BCUT2D eigenvalue weighted by Crippen LogP contribution is -2.27. The molecule has 2 N–H and O–H groups in total. The number of halogens is 1. The zero-order valence-corrected chi connectivity index (χ0v) is 17.0. The van der Waals surface area contributed by atoms with Crippen LogP contribution >= 0.6 is 0 Å². The number of para-hydroxylation sites is 1. The van der Waals surface area contributed by atoms with E-state index in [1.54, 1.807) is 24.4 Å². The van der Waals surface area contributed by atoms with Gasteiger partial charge < -0.3 is 5.32 Å². The second-order valence-corrected chi connectivity index (χ2v) is 7.22. The van der Waals surface area contributed by atoms with E-state index in [0.717, 1.165) is 22.5 Å². The number of nitrogens with zero attached hydrogens (tertiary/aromatic N) is 3. The Bertz CT molecular complexity index is 1210. The minimum absolute atomic E-state index is 0.288. The lowest BCUT2D eigenvalue weighted by atomic mass is 10.1. The van der Waals surface area contributed by atoms with Gasteiger partial charge in [-0.25, -0.2) is 9.07 Å². The van der Waals surface area contributed by atoms with Crippen LogP contribution in [0.25, 0.3) is 16.9 Å². The van der Waals surface area contributed by atoms with Crippen LogP contribution in [0, 0.1) is 19.7 Å². The van der Waals surface area contributed by atoms with Gasteiger partial charge in [-0.05, 0) is 44.5 Å². The van der Waals surface area contributed by atoms with Gasteiger partial charge in [0, 0.05) is 16.8 Å². The molecule has 0 spiro atoms. The first kappa shape index (κ1) is 19.6. The van der Waals surface area contributed by atoms with Gasteiger partial charge in [0.2, 0.25) is 0 Å². The maximum absolute atomic E-state index is 14.2. The van der Waals surface area contributed by atoms with Crippen molar-refractivity contribution in [3.05, 3.63) is 89.1 Å². The number of carbonyl (C=O) groups excluding carboxylic acids is 1. The zero-order chi connectivity index (χ0) is 21.3. The molecule has 0 aliphatic heterocycles. The number of aromatic nitrogens is 4. The molecule has 7 heteroatoms. The number of H-pyrrole nitrogens is 1. The molecule has 1 atom stereocenters. The van der Waals surface area contributed by atoms with Gasteiger partial charge in [-0.2, -0.15) is 10.2 Å². The molecule has 2 aromatic heterocycles. The summed E-state index contributed by atoms with van der Waals surface area (Å²) in [5.74, 6) is -0.753. The van der Waals surface area contributed by atoms with Crippen molar-refractivity contribution in [1.29, 1.82) is 0 Å². The fourth-order valence-corrected chi connectivity index (χ4v) is 3.57. The Balaban J connectivity index is 1.58. The Kier molecular flexibility index (Phi) is 5.18. The summed E-state index contributed by atoms with van der Waals surface area (Å²) in [5.41, 5.74) is 4.90. The van der Waals surface area contributed by atoms with Crippen molar-refractivity contribution in [2.75, 3.05) is 0 Å². The van der Waals surface area contributed by atoms with Crippen molar-refractivity contribution >= 4 is 5.91 Å². The van der Waals surface area contributed by atoms with E-state index in [9.17, 15) is 9.18 Å². The Labute approximate surface area is 173 Å². The summed E-state index contributed by atoms with van der Waals surface area (Å²) in [5, 5.41) is 14.2. The molecule has 4 rings (SSSR count). The van der Waals surface area contributed by atoms with Crippen molar-refractivity contribution in [2.45, 2.75) is 26.8 Å². The molecule has 152 valence electrons. The van der Waals surface area contributed by atoms with Crippen LogP contribution in [-0.2, 0) is 0 Å². The molecule has 0 bridgehead atoms. The van der Waals surface area contributed by atoms with Crippen LogP contribution in [-0.4, -0.2) is 25.9 Å². The van der Waals surface area contributed by atoms with Crippen LogP contribution in [0.3, 0.4) is 0 Å². The molecule has 30 heavy (non-hydrogen) atoms. The highest BCUT2D eigenvalue weighted by atomic mass is 19.1. The quantitative estimate of drug-likeness (QED) is 0.515. The average Bonchev–Trinajstić information content (AvgIpc) is 3.36. The van der Waals surface area contributed by atoms with Crippen LogP contribution < -0.4 is 5.32 Å². The maximum Gasteiger partial charge on any atom is 0.255 e. The van der Waals surface area contributed by atoms with Gasteiger partial charge in [-0.15, -0.1) is 0 Å². The van der Waals surface area contributed by atoms with Gasteiger partial charge in [-0.3, -0.25) is 9.89 Å². The van der Waals surface area contributed by atoms with Gasteiger partial charge >= 0.3 is 0 Å². The predicted molar refractivity (Wildman–Crippen MR) is 113 cm³/mol. The Morgan fingerprint density at radius 3 is 2.60 bits per heavy atom. The smallest absolute Gasteiger partial charge is 0.255 e. The third kappa shape index (κ3) is 3.50. The highest BCUT2D eigenvalue weighted by Gasteiger charge is 2.21. The standard InChI is InChI=1S/C23H22FN5O/c1-14-8-4-7-11-21(14)29-16(3)18(13-26-29)15(2)27-23(30)19-12-25-28-22(19)17-9-5-6-10-20(17)24/h4-13,15H,1-3H3,(H,25,28)(H,27,30). The maximum atomic E-state index is 14.2. The average molecular weight is 403 g/mol. The summed E-state index contributed by atoms with van der Waals surface area (Å²) in [6.45, 7) is 5.90. The molecule has 0 radical (unpaired) electrons. The molecule has 2 aromatic carbocycles. The van der Waals surface area contributed by atoms with Crippen molar-refractivity contribution < 1.29 is 9.18 Å². The van der Waals surface area contributed by atoms with E-state index in [0.29, 0.717) is 11.3 Å². The SMILES string of the molecule is Cc1ccccc1-n1ncc(C(C)NC(=O)c2cn[nH]c2-c2ccccc2F)c1C. The molecule has 0 saturated heterocycles. The van der Waals surface area contributed by atoms with Crippen molar-refractivity contribution in [3.8, 4) is 16.9 Å². The first-order valence-corrected chi connectivity index (χ1v) is 9.67. The van der Waals surface area contributed by atoms with Gasteiger partial charge in [0.05, 0.1) is 35.4 Å². The summed E-state index contributed by atoms with van der Waals surface area (Å²) < 4.78 is 16.1. The number of aromatic amines is 1. The van der Waals surface area contributed by atoms with Crippen LogP contribution in [0.15, 0.2) is 60.9 Å². The van der Waals surface area contributed by atoms with Gasteiger partial charge in [-0.1, -0.05) is 30.3 Å². The number of rotatable bonds is 5. The number of aryl methyl sites for hydroxylation is 1. The second-order valence-electron chi connectivity index (χ2n) is 7.22. The minimum atomic E-state index is -0.417. The molecule has 0 saturated carbocycles. The number of benzene rings is 2. The van der Waals surface area contributed by atoms with E-state index < -0.39 is 5.82 Å². The largest absolute Gasteiger partial charge is 0.345 e. The predicted octanol–water partition coefficient (Wildman–Crippen LogP) is 4.51. The van der Waals surface area contributed by atoms with Crippen molar-refractivity contribution in [2.24, 2.45) is 0 Å². The van der Waals surface area contributed by atoms with Crippen LogP contribution in [0.4, 0.5) is 4.39 Å². The highest BCUT2D eigenvalue weighted by Crippen LogP contribution is 2.26. The van der Waals surface area contributed by atoms with Crippen molar-refractivity contribution in [3.63, 3.8) is 0 Å². The molecule has 0 fully saturated rings. The third-order valence-corrected chi connectivity index (χ3v) is 5.23. The third-order valence-electron chi connectivity index (χ3n) is 5.23. The van der Waals surface area contributed by atoms with Crippen LogP contribution in [0.1, 0.15) is 40.1 Å². The minimum Gasteiger partial charge on any atom is -0.345 e. The fraction of sp³-hybridized carbons (Fsp3) is 0.174. The fourth-order valence-electron chi connectivity index (χ4n) is 3.57. The van der Waals surface area contributed by atoms with Crippen molar-refractivity contribution in [1.82, 2.24) is 25.3 Å². The van der Waals surface area contributed by atoms with Crippen LogP contribution in [0.5, 0.6) is 0 Å². The first-order valence-electron chi connectivity index (χ1n) is 9.67. The number of nitrogens with one attached hydrogen (secondary N) is 2. The van der Waals surface area contributed by atoms with E-state index in [-0.39, 0.29) is 17.5 Å². The van der Waals surface area contributed by atoms with E-state index in [1.807, 2.05) is 49.7 Å². The molecule has 1 amide bonds. The molecule has 6 nitrogen and oxygen atoms in total. The van der Waals surface area contributed by atoms with Gasteiger partial charge in [0.1, 0.15) is 5.82 Å². The summed E-state index contributed by atoms with van der Waals surface area (Å²) in [7, 11) is 0. The van der Waals surface area contributed by atoms with Gasteiger partial charge in [0.15, 0.2) is 0 Å². The molecule has 1 unspecified atom stereocenters. The van der Waals surface area contributed by atoms with Crippen LogP contribution in [0.2, 0.25) is 0 Å². The molecular weight excluding hydrogens is 381 g/mol. The summed E-state index contributed by atoms with van der Waals surface area (Å²) >= 11 is 0. The monoisotopic (exact) mass is 403 g/mol. The molecular formula is C23H22FN5O. The zero-order valence-electron chi connectivity index (χ0n) is 17.0. The Hall–Kier alpha value is -3.74. The molecule has 4 aromatic rings. The van der Waals surface area contributed by atoms with E-state index in [4.69, 9.17) is 0 Å². The number of amides is 1. The normalized spacial score (nSPS) is 12.0. The first-order chi connectivity index (χ1) is 14.5. The molecule has 0 aliphatic rings. The number of carbonyl (C=O) groups is 1. The van der Waals surface area contributed by atoms with E-state index in [2.05, 4.69) is 20.6 Å². The van der Waals surface area contributed by atoms with Gasteiger partial charge in [0.25, 0.3) is 5.91 Å².